The Bertz CT molecular complexity index is 415. The molecule has 112 valence electrons. The van der Waals surface area contributed by atoms with Crippen LogP contribution in [0.15, 0.2) is 0 Å². The van der Waals surface area contributed by atoms with E-state index in [-0.39, 0.29) is 30.7 Å². The number of hydrogen-bond donors (Lipinski definition) is 2. The van der Waals surface area contributed by atoms with Crippen LogP contribution in [0.1, 0.15) is 38.5 Å². The van der Waals surface area contributed by atoms with Gasteiger partial charge < -0.3 is 15.3 Å². The van der Waals surface area contributed by atoms with E-state index in [4.69, 9.17) is 0 Å². The quantitative estimate of drug-likeness (QED) is 0.791. The SMILES string of the molecule is CN1CC(C(=O)NCC2(C(=O)O)CCCCC2)CC1=O. The first kappa shape index (κ1) is 14.8. The summed E-state index contributed by atoms with van der Waals surface area (Å²) in [5, 5.41) is 12.2. The second-order valence-corrected chi connectivity index (χ2v) is 6.04. The minimum Gasteiger partial charge on any atom is -0.481 e. The summed E-state index contributed by atoms with van der Waals surface area (Å²) >= 11 is 0. The van der Waals surface area contributed by atoms with Gasteiger partial charge in [-0.3, -0.25) is 14.4 Å². The predicted octanol–water partition coefficient (Wildman–Crippen LogP) is 0.616. The van der Waals surface area contributed by atoms with Gasteiger partial charge in [-0.05, 0) is 12.8 Å². The van der Waals surface area contributed by atoms with Gasteiger partial charge in [-0.1, -0.05) is 19.3 Å². The molecule has 2 N–H and O–H groups in total. The van der Waals surface area contributed by atoms with Crippen molar-refractivity contribution < 1.29 is 19.5 Å². The maximum atomic E-state index is 12.1. The van der Waals surface area contributed by atoms with Crippen LogP contribution in [0, 0.1) is 11.3 Å². The van der Waals surface area contributed by atoms with Gasteiger partial charge in [0.15, 0.2) is 0 Å². The summed E-state index contributed by atoms with van der Waals surface area (Å²) < 4.78 is 0. The largest absolute Gasteiger partial charge is 0.481 e. The highest BCUT2D eigenvalue weighted by Crippen LogP contribution is 2.36. The molecule has 2 amide bonds. The van der Waals surface area contributed by atoms with E-state index in [1.165, 1.54) is 4.90 Å². The maximum Gasteiger partial charge on any atom is 0.311 e. The van der Waals surface area contributed by atoms with Crippen molar-refractivity contribution in [2.75, 3.05) is 20.1 Å². The Morgan fingerprint density at radius 2 is 2.00 bits per heavy atom. The van der Waals surface area contributed by atoms with E-state index in [1.54, 1.807) is 7.05 Å². The second-order valence-electron chi connectivity index (χ2n) is 6.04. The number of amides is 2. The third-order valence-electron chi connectivity index (χ3n) is 4.58. The number of nitrogens with zero attached hydrogens (tertiary/aromatic N) is 1. The number of hydrogen-bond acceptors (Lipinski definition) is 3. The van der Waals surface area contributed by atoms with Crippen molar-refractivity contribution in [3.63, 3.8) is 0 Å². The summed E-state index contributed by atoms with van der Waals surface area (Å²) in [5.74, 6) is -1.40. The fraction of sp³-hybridized carbons (Fsp3) is 0.786. The first-order valence-electron chi connectivity index (χ1n) is 7.20. The number of nitrogens with one attached hydrogen (secondary N) is 1. The lowest BCUT2D eigenvalue weighted by molar-refractivity contribution is -0.151. The van der Waals surface area contributed by atoms with Crippen molar-refractivity contribution in [1.82, 2.24) is 10.2 Å². The molecule has 0 spiro atoms. The fourth-order valence-electron chi connectivity index (χ4n) is 3.13. The van der Waals surface area contributed by atoms with Crippen molar-refractivity contribution in [1.29, 1.82) is 0 Å². The summed E-state index contributed by atoms with van der Waals surface area (Å²) in [6, 6.07) is 0. The molecule has 1 aliphatic heterocycles. The van der Waals surface area contributed by atoms with E-state index in [2.05, 4.69) is 5.32 Å². The van der Waals surface area contributed by atoms with Crippen LogP contribution in [0.3, 0.4) is 0 Å². The first-order chi connectivity index (χ1) is 9.44. The summed E-state index contributed by atoms with van der Waals surface area (Å²) in [5.41, 5.74) is -0.817. The number of likely N-dealkylation sites (tertiary alicyclic amines) is 1. The topological polar surface area (TPSA) is 86.7 Å². The lowest BCUT2D eigenvalue weighted by Crippen LogP contribution is -2.46. The van der Waals surface area contributed by atoms with Crippen LogP contribution in [0.2, 0.25) is 0 Å². The molecule has 1 heterocycles. The molecule has 0 aromatic carbocycles. The number of carboxylic acid groups (broad SMARTS) is 1. The molecule has 1 aliphatic carbocycles. The molecule has 1 atom stereocenters. The third-order valence-corrected chi connectivity index (χ3v) is 4.58. The van der Waals surface area contributed by atoms with Crippen molar-refractivity contribution in [2.24, 2.45) is 11.3 Å². The average Bonchev–Trinajstić information content (AvgIpc) is 2.77. The number of carbonyl (C=O) groups is 3. The second kappa shape index (κ2) is 5.81. The Hall–Kier alpha value is -1.59. The zero-order valence-corrected chi connectivity index (χ0v) is 11.9. The Morgan fingerprint density at radius 3 is 2.50 bits per heavy atom. The van der Waals surface area contributed by atoms with Crippen LogP contribution in [0.4, 0.5) is 0 Å². The van der Waals surface area contributed by atoms with E-state index in [0.29, 0.717) is 19.4 Å². The smallest absolute Gasteiger partial charge is 0.311 e. The van der Waals surface area contributed by atoms with Gasteiger partial charge in [-0.2, -0.15) is 0 Å². The van der Waals surface area contributed by atoms with Gasteiger partial charge in [0.1, 0.15) is 0 Å². The highest BCUT2D eigenvalue weighted by molar-refractivity contribution is 5.89. The molecular formula is C14H22N2O4. The van der Waals surface area contributed by atoms with E-state index < -0.39 is 11.4 Å². The molecule has 0 aromatic rings. The molecule has 0 radical (unpaired) electrons. The number of carbonyl (C=O) groups excluding carboxylic acids is 2. The Labute approximate surface area is 118 Å². The molecule has 20 heavy (non-hydrogen) atoms. The minimum absolute atomic E-state index is 0.0317. The molecule has 2 rings (SSSR count). The van der Waals surface area contributed by atoms with Gasteiger partial charge in [-0.15, -0.1) is 0 Å². The van der Waals surface area contributed by atoms with E-state index in [1.807, 2.05) is 0 Å². The van der Waals surface area contributed by atoms with Crippen LogP contribution in [-0.2, 0) is 14.4 Å². The molecule has 2 aliphatic rings. The van der Waals surface area contributed by atoms with Crippen LogP contribution in [0.5, 0.6) is 0 Å². The summed E-state index contributed by atoms with van der Waals surface area (Å²) in [4.78, 5) is 36.5. The normalized spacial score (nSPS) is 25.6. The molecular weight excluding hydrogens is 260 g/mol. The number of aliphatic carboxylic acids is 1. The Morgan fingerprint density at radius 1 is 1.35 bits per heavy atom. The molecule has 1 unspecified atom stereocenters. The number of carboxylic acids is 1. The van der Waals surface area contributed by atoms with Gasteiger partial charge in [0.05, 0.1) is 11.3 Å². The summed E-state index contributed by atoms with van der Waals surface area (Å²) in [7, 11) is 1.68. The molecule has 6 heteroatoms. The lowest BCUT2D eigenvalue weighted by Gasteiger charge is -2.33. The van der Waals surface area contributed by atoms with Gasteiger partial charge in [0.2, 0.25) is 11.8 Å². The predicted molar refractivity (Wildman–Crippen MR) is 71.9 cm³/mol. The highest BCUT2D eigenvalue weighted by atomic mass is 16.4. The van der Waals surface area contributed by atoms with Crippen LogP contribution >= 0.6 is 0 Å². The third kappa shape index (κ3) is 2.94. The summed E-state index contributed by atoms with van der Waals surface area (Å²) in [6.45, 7) is 0.598. The van der Waals surface area contributed by atoms with Crippen molar-refractivity contribution in [3.05, 3.63) is 0 Å². The maximum absolute atomic E-state index is 12.1. The standard InChI is InChI=1S/C14H22N2O4/c1-16-8-10(7-11(16)17)12(18)15-9-14(13(19)20)5-3-2-4-6-14/h10H,2-9H2,1H3,(H,15,18)(H,19,20). The zero-order valence-electron chi connectivity index (χ0n) is 11.9. The van der Waals surface area contributed by atoms with Gasteiger partial charge in [0, 0.05) is 26.6 Å². The molecule has 6 nitrogen and oxygen atoms in total. The molecule has 0 aromatic heterocycles. The van der Waals surface area contributed by atoms with Gasteiger partial charge in [0.25, 0.3) is 0 Å². The van der Waals surface area contributed by atoms with E-state index in [9.17, 15) is 19.5 Å². The van der Waals surface area contributed by atoms with Crippen LogP contribution < -0.4 is 5.32 Å². The van der Waals surface area contributed by atoms with Gasteiger partial charge >= 0.3 is 5.97 Å². The molecule has 1 saturated heterocycles. The van der Waals surface area contributed by atoms with E-state index >= 15 is 0 Å². The average molecular weight is 282 g/mol. The molecule has 0 bridgehead atoms. The Kier molecular flexibility index (Phi) is 4.30. The molecule has 1 saturated carbocycles. The van der Waals surface area contributed by atoms with Crippen LogP contribution in [0.25, 0.3) is 0 Å². The first-order valence-corrected chi connectivity index (χ1v) is 7.20. The van der Waals surface area contributed by atoms with E-state index in [0.717, 1.165) is 19.3 Å². The highest BCUT2D eigenvalue weighted by Gasteiger charge is 2.41. The monoisotopic (exact) mass is 282 g/mol. The van der Waals surface area contributed by atoms with Crippen molar-refractivity contribution >= 4 is 17.8 Å². The number of rotatable bonds is 4. The zero-order chi connectivity index (χ0) is 14.8. The van der Waals surface area contributed by atoms with Crippen molar-refractivity contribution in [2.45, 2.75) is 38.5 Å². The van der Waals surface area contributed by atoms with Crippen molar-refractivity contribution in [3.8, 4) is 0 Å². The fourth-order valence-corrected chi connectivity index (χ4v) is 3.13. The summed E-state index contributed by atoms with van der Waals surface area (Å²) in [6.07, 6.45) is 4.31. The molecule has 2 fully saturated rings. The lowest BCUT2D eigenvalue weighted by atomic mass is 9.74. The van der Waals surface area contributed by atoms with Gasteiger partial charge in [-0.25, -0.2) is 0 Å². The Balaban J connectivity index is 1.91. The minimum atomic E-state index is -0.822. The van der Waals surface area contributed by atoms with Crippen LogP contribution in [-0.4, -0.2) is 47.9 Å².